The predicted octanol–water partition coefficient (Wildman–Crippen LogP) is 3.69. The SMILES string of the molecule is Cc1ccc(-c2cccc(F)c2C)c(N)c1. The fourth-order valence-corrected chi connectivity index (χ4v) is 1.83. The second-order valence-corrected chi connectivity index (χ2v) is 4.00. The Morgan fingerprint density at radius 3 is 2.44 bits per heavy atom. The first-order valence-corrected chi connectivity index (χ1v) is 5.21. The van der Waals surface area contributed by atoms with Crippen molar-refractivity contribution in [3.63, 3.8) is 0 Å². The number of hydrogen-bond donors (Lipinski definition) is 1. The van der Waals surface area contributed by atoms with Crippen LogP contribution in [0.3, 0.4) is 0 Å². The normalized spacial score (nSPS) is 10.4. The van der Waals surface area contributed by atoms with Crippen molar-refractivity contribution in [2.75, 3.05) is 5.73 Å². The minimum absolute atomic E-state index is 0.197. The number of halogens is 1. The van der Waals surface area contributed by atoms with Gasteiger partial charge in [0.1, 0.15) is 5.82 Å². The number of rotatable bonds is 1. The molecule has 82 valence electrons. The second kappa shape index (κ2) is 3.97. The lowest BCUT2D eigenvalue weighted by atomic mass is 9.98. The maximum Gasteiger partial charge on any atom is 0.126 e. The molecule has 0 amide bonds. The van der Waals surface area contributed by atoms with Gasteiger partial charge in [-0.15, -0.1) is 0 Å². The fourth-order valence-electron chi connectivity index (χ4n) is 1.83. The smallest absolute Gasteiger partial charge is 0.126 e. The summed E-state index contributed by atoms with van der Waals surface area (Å²) in [6.07, 6.45) is 0. The van der Waals surface area contributed by atoms with E-state index in [0.29, 0.717) is 11.3 Å². The van der Waals surface area contributed by atoms with Gasteiger partial charge in [0.25, 0.3) is 0 Å². The molecular weight excluding hydrogens is 201 g/mol. The molecule has 2 aromatic carbocycles. The lowest BCUT2D eigenvalue weighted by molar-refractivity contribution is 0.619. The second-order valence-electron chi connectivity index (χ2n) is 4.00. The number of nitrogen functional groups attached to an aromatic ring is 1. The van der Waals surface area contributed by atoms with E-state index in [9.17, 15) is 4.39 Å². The molecule has 1 nitrogen and oxygen atoms in total. The molecule has 0 heterocycles. The van der Waals surface area contributed by atoms with Crippen LogP contribution < -0.4 is 5.73 Å². The van der Waals surface area contributed by atoms with Crippen molar-refractivity contribution in [2.45, 2.75) is 13.8 Å². The minimum atomic E-state index is -0.197. The summed E-state index contributed by atoms with van der Waals surface area (Å²) >= 11 is 0. The maximum atomic E-state index is 13.4. The Hall–Kier alpha value is -1.83. The number of hydrogen-bond acceptors (Lipinski definition) is 1. The molecule has 0 fully saturated rings. The summed E-state index contributed by atoms with van der Waals surface area (Å²) in [5.41, 5.74) is 10.1. The van der Waals surface area contributed by atoms with E-state index in [1.54, 1.807) is 13.0 Å². The summed E-state index contributed by atoms with van der Waals surface area (Å²) in [4.78, 5) is 0. The van der Waals surface area contributed by atoms with Gasteiger partial charge in [-0.3, -0.25) is 0 Å². The third-order valence-electron chi connectivity index (χ3n) is 2.76. The maximum absolute atomic E-state index is 13.4. The van der Waals surface area contributed by atoms with Crippen LogP contribution in [0.25, 0.3) is 11.1 Å². The molecule has 0 atom stereocenters. The fraction of sp³-hybridized carbons (Fsp3) is 0.143. The van der Waals surface area contributed by atoms with E-state index >= 15 is 0 Å². The number of nitrogens with two attached hydrogens (primary N) is 1. The van der Waals surface area contributed by atoms with Crippen LogP contribution in [-0.4, -0.2) is 0 Å². The topological polar surface area (TPSA) is 26.0 Å². The minimum Gasteiger partial charge on any atom is -0.398 e. The first-order valence-electron chi connectivity index (χ1n) is 5.21. The summed E-state index contributed by atoms with van der Waals surface area (Å²) in [5, 5.41) is 0. The van der Waals surface area contributed by atoms with Crippen molar-refractivity contribution < 1.29 is 4.39 Å². The quantitative estimate of drug-likeness (QED) is 0.721. The first kappa shape index (κ1) is 10.7. The van der Waals surface area contributed by atoms with Crippen LogP contribution in [0, 0.1) is 19.7 Å². The van der Waals surface area contributed by atoms with E-state index in [4.69, 9.17) is 5.73 Å². The van der Waals surface area contributed by atoms with Crippen molar-refractivity contribution in [1.29, 1.82) is 0 Å². The Labute approximate surface area is 94.7 Å². The van der Waals surface area contributed by atoms with Crippen LogP contribution in [-0.2, 0) is 0 Å². The average molecular weight is 215 g/mol. The molecule has 16 heavy (non-hydrogen) atoms. The van der Waals surface area contributed by atoms with E-state index < -0.39 is 0 Å². The Morgan fingerprint density at radius 1 is 1.00 bits per heavy atom. The zero-order valence-corrected chi connectivity index (χ0v) is 9.42. The molecule has 2 N–H and O–H groups in total. The third-order valence-corrected chi connectivity index (χ3v) is 2.76. The molecule has 2 aromatic rings. The van der Waals surface area contributed by atoms with Crippen LogP contribution >= 0.6 is 0 Å². The molecule has 0 spiro atoms. The summed E-state index contributed by atoms with van der Waals surface area (Å²) in [7, 11) is 0. The molecule has 0 radical (unpaired) electrons. The monoisotopic (exact) mass is 215 g/mol. The molecule has 0 aliphatic carbocycles. The Morgan fingerprint density at radius 2 is 1.75 bits per heavy atom. The van der Waals surface area contributed by atoms with Gasteiger partial charge in [-0.25, -0.2) is 4.39 Å². The Balaban J connectivity index is 2.63. The molecule has 2 rings (SSSR count). The summed E-state index contributed by atoms with van der Waals surface area (Å²) < 4.78 is 13.4. The summed E-state index contributed by atoms with van der Waals surface area (Å²) in [6, 6.07) is 10.9. The number of anilines is 1. The van der Waals surface area contributed by atoms with Gasteiger partial charge in [-0.2, -0.15) is 0 Å². The molecule has 0 bridgehead atoms. The highest BCUT2D eigenvalue weighted by atomic mass is 19.1. The zero-order valence-electron chi connectivity index (χ0n) is 9.42. The van der Waals surface area contributed by atoms with Gasteiger partial charge in [0.15, 0.2) is 0 Å². The van der Waals surface area contributed by atoms with E-state index in [1.807, 2.05) is 31.2 Å². The van der Waals surface area contributed by atoms with Crippen molar-refractivity contribution in [1.82, 2.24) is 0 Å². The lowest BCUT2D eigenvalue weighted by Gasteiger charge is -2.10. The van der Waals surface area contributed by atoms with Gasteiger partial charge in [0.2, 0.25) is 0 Å². The van der Waals surface area contributed by atoms with E-state index in [1.165, 1.54) is 6.07 Å². The molecule has 0 aromatic heterocycles. The Bertz CT molecular complexity index is 532. The zero-order chi connectivity index (χ0) is 11.7. The average Bonchev–Trinajstić information content (AvgIpc) is 2.23. The van der Waals surface area contributed by atoms with Crippen LogP contribution in [0.4, 0.5) is 10.1 Å². The van der Waals surface area contributed by atoms with Crippen molar-refractivity contribution >= 4 is 5.69 Å². The molecule has 0 aliphatic heterocycles. The van der Waals surface area contributed by atoms with E-state index in [-0.39, 0.29) is 5.82 Å². The van der Waals surface area contributed by atoms with Gasteiger partial charge in [-0.05, 0) is 42.7 Å². The molecule has 0 saturated heterocycles. The lowest BCUT2D eigenvalue weighted by Crippen LogP contribution is -1.94. The largest absolute Gasteiger partial charge is 0.398 e. The number of benzene rings is 2. The van der Waals surface area contributed by atoms with Crippen LogP contribution in [0.5, 0.6) is 0 Å². The molecule has 2 heteroatoms. The highest BCUT2D eigenvalue weighted by Crippen LogP contribution is 2.30. The van der Waals surface area contributed by atoms with Gasteiger partial charge in [-0.1, -0.05) is 24.3 Å². The third kappa shape index (κ3) is 1.78. The van der Waals surface area contributed by atoms with Crippen LogP contribution in [0.15, 0.2) is 36.4 Å². The van der Waals surface area contributed by atoms with Crippen molar-refractivity contribution in [3.8, 4) is 11.1 Å². The summed E-state index contributed by atoms with van der Waals surface area (Å²) in [6.45, 7) is 3.75. The first-order chi connectivity index (χ1) is 7.59. The molecule has 0 saturated carbocycles. The van der Waals surface area contributed by atoms with Crippen LogP contribution in [0.1, 0.15) is 11.1 Å². The van der Waals surface area contributed by atoms with E-state index in [2.05, 4.69) is 0 Å². The van der Waals surface area contributed by atoms with Gasteiger partial charge < -0.3 is 5.73 Å². The standard InChI is InChI=1S/C14H14FN/c1-9-6-7-12(14(16)8-9)11-4-3-5-13(15)10(11)2/h3-8H,16H2,1-2H3. The highest BCUT2D eigenvalue weighted by molar-refractivity contribution is 5.78. The predicted molar refractivity (Wildman–Crippen MR) is 65.7 cm³/mol. The molecule has 0 aliphatic rings. The highest BCUT2D eigenvalue weighted by Gasteiger charge is 2.08. The van der Waals surface area contributed by atoms with Crippen molar-refractivity contribution in [2.24, 2.45) is 0 Å². The van der Waals surface area contributed by atoms with Gasteiger partial charge in [0.05, 0.1) is 0 Å². The van der Waals surface area contributed by atoms with Gasteiger partial charge in [0, 0.05) is 11.3 Å². The van der Waals surface area contributed by atoms with Crippen molar-refractivity contribution in [3.05, 3.63) is 53.3 Å². The number of aryl methyl sites for hydroxylation is 1. The molecule has 0 unspecified atom stereocenters. The Kier molecular flexibility index (Phi) is 2.65. The van der Waals surface area contributed by atoms with E-state index in [0.717, 1.165) is 16.7 Å². The summed E-state index contributed by atoms with van der Waals surface area (Å²) in [5.74, 6) is -0.197. The van der Waals surface area contributed by atoms with Crippen LogP contribution in [0.2, 0.25) is 0 Å². The van der Waals surface area contributed by atoms with Gasteiger partial charge >= 0.3 is 0 Å². The molecular formula is C14H14FN.